The minimum atomic E-state index is -0.160. The summed E-state index contributed by atoms with van der Waals surface area (Å²) in [6.07, 6.45) is 1.17. The molecular formula is C23H20N2O3. The van der Waals surface area contributed by atoms with Gasteiger partial charge in [-0.15, -0.1) is 0 Å². The Morgan fingerprint density at radius 2 is 1.79 bits per heavy atom. The van der Waals surface area contributed by atoms with Crippen LogP contribution in [0.3, 0.4) is 0 Å². The molecule has 2 N–H and O–H groups in total. The largest absolute Gasteiger partial charge is 0.508 e. The first kappa shape index (κ1) is 16.8. The molecule has 0 amide bonds. The Kier molecular flexibility index (Phi) is 3.83. The van der Waals surface area contributed by atoms with Gasteiger partial charge in [0.2, 0.25) is 5.88 Å². The Balaban J connectivity index is 1.61. The molecule has 2 atom stereocenters. The summed E-state index contributed by atoms with van der Waals surface area (Å²) in [6, 6.07) is 17.2. The van der Waals surface area contributed by atoms with E-state index in [1.807, 2.05) is 37.3 Å². The second-order valence-corrected chi connectivity index (χ2v) is 7.49. The van der Waals surface area contributed by atoms with E-state index in [1.54, 1.807) is 12.1 Å². The fourth-order valence-electron chi connectivity index (χ4n) is 4.43. The Morgan fingerprint density at radius 3 is 2.54 bits per heavy atom. The average Bonchev–Trinajstić information content (AvgIpc) is 3.08. The smallest absolute Gasteiger partial charge is 0.233 e. The Morgan fingerprint density at radius 1 is 1.04 bits per heavy atom. The number of rotatable bonds is 2. The lowest BCUT2D eigenvalue weighted by Gasteiger charge is -2.34. The standard InChI is InChI=1S/C23H20N2O3/c1-13-20-21(15-5-3-2-4-6-15)22-18(24-23(20)28-25-13)11-16(12-19(22)27)14-7-9-17(26)10-8-14/h2-10,16,21,24,26H,11-12H2,1H3/t16-,21-/m1/s1. The number of ketones is 1. The van der Waals surface area contributed by atoms with Gasteiger partial charge in [-0.1, -0.05) is 47.6 Å². The number of hydrogen-bond acceptors (Lipinski definition) is 5. The van der Waals surface area contributed by atoms with E-state index in [-0.39, 0.29) is 23.4 Å². The van der Waals surface area contributed by atoms with Crippen LogP contribution in [0.4, 0.5) is 5.88 Å². The number of phenols is 1. The van der Waals surface area contributed by atoms with Crippen LogP contribution >= 0.6 is 0 Å². The molecule has 2 aromatic carbocycles. The van der Waals surface area contributed by atoms with Gasteiger partial charge in [0.1, 0.15) is 5.75 Å². The Bertz CT molecular complexity index is 1080. The van der Waals surface area contributed by atoms with E-state index in [4.69, 9.17) is 4.52 Å². The molecule has 0 saturated carbocycles. The molecule has 0 unspecified atom stereocenters. The highest BCUT2D eigenvalue weighted by Gasteiger charge is 2.40. The molecule has 0 bridgehead atoms. The van der Waals surface area contributed by atoms with Crippen LogP contribution in [-0.2, 0) is 4.79 Å². The first-order chi connectivity index (χ1) is 13.6. The zero-order chi connectivity index (χ0) is 19.3. The SMILES string of the molecule is Cc1noc2c1[C@@H](c1ccccc1)C1=C(C[C@@H](c3ccc(O)cc3)CC1=O)N2. The predicted octanol–water partition coefficient (Wildman–Crippen LogP) is 4.65. The monoisotopic (exact) mass is 372 g/mol. The molecule has 3 aromatic rings. The summed E-state index contributed by atoms with van der Waals surface area (Å²) in [5, 5.41) is 17.0. The van der Waals surface area contributed by atoms with Crippen LogP contribution in [0.15, 0.2) is 70.4 Å². The van der Waals surface area contributed by atoms with E-state index >= 15 is 0 Å². The number of fused-ring (bicyclic) bond motifs is 1. The highest BCUT2D eigenvalue weighted by Crippen LogP contribution is 2.48. The second-order valence-electron chi connectivity index (χ2n) is 7.49. The van der Waals surface area contributed by atoms with Crippen molar-refractivity contribution in [3.63, 3.8) is 0 Å². The van der Waals surface area contributed by atoms with Crippen molar-refractivity contribution >= 4 is 11.7 Å². The normalized spacial score (nSPS) is 21.1. The molecule has 5 nitrogen and oxygen atoms in total. The zero-order valence-electron chi connectivity index (χ0n) is 15.5. The summed E-state index contributed by atoms with van der Waals surface area (Å²) < 4.78 is 5.54. The van der Waals surface area contributed by atoms with Gasteiger partial charge in [-0.2, -0.15) is 0 Å². The van der Waals surface area contributed by atoms with Gasteiger partial charge >= 0.3 is 0 Å². The van der Waals surface area contributed by atoms with E-state index in [1.165, 1.54) is 0 Å². The summed E-state index contributed by atoms with van der Waals surface area (Å²) >= 11 is 0. The maximum Gasteiger partial charge on any atom is 0.233 e. The van der Waals surface area contributed by atoms with Crippen molar-refractivity contribution in [1.29, 1.82) is 0 Å². The maximum atomic E-state index is 13.3. The molecule has 5 heteroatoms. The van der Waals surface area contributed by atoms with Gasteiger partial charge in [0, 0.05) is 23.6 Å². The summed E-state index contributed by atoms with van der Waals surface area (Å²) in [7, 11) is 0. The van der Waals surface area contributed by atoms with Gasteiger partial charge in [0.25, 0.3) is 0 Å². The lowest BCUT2D eigenvalue weighted by Crippen LogP contribution is -2.29. The number of carbonyl (C=O) groups excluding carboxylic acids is 1. The molecule has 2 aliphatic rings. The number of allylic oxidation sites excluding steroid dienone is 2. The molecule has 1 aliphatic heterocycles. The average molecular weight is 372 g/mol. The summed E-state index contributed by atoms with van der Waals surface area (Å²) in [4.78, 5) is 13.3. The van der Waals surface area contributed by atoms with E-state index in [2.05, 4.69) is 22.6 Å². The third-order valence-electron chi connectivity index (χ3n) is 5.76. The number of aryl methyl sites for hydroxylation is 1. The van der Waals surface area contributed by atoms with Crippen LogP contribution in [-0.4, -0.2) is 16.0 Å². The van der Waals surface area contributed by atoms with Crippen molar-refractivity contribution in [3.8, 4) is 5.75 Å². The van der Waals surface area contributed by atoms with Crippen LogP contribution in [0.1, 0.15) is 47.1 Å². The number of benzene rings is 2. The van der Waals surface area contributed by atoms with Crippen LogP contribution < -0.4 is 5.32 Å². The minimum Gasteiger partial charge on any atom is -0.508 e. The first-order valence-corrected chi connectivity index (χ1v) is 9.45. The topological polar surface area (TPSA) is 75.4 Å². The molecule has 0 fully saturated rings. The lowest BCUT2D eigenvalue weighted by molar-refractivity contribution is -0.116. The molecule has 0 saturated heterocycles. The number of phenolic OH excluding ortho intramolecular Hbond substituents is 1. The molecule has 1 aliphatic carbocycles. The first-order valence-electron chi connectivity index (χ1n) is 9.45. The molecule has 140 valence electrons. The Labute approximate surface area is 162 Å². The number of hydrogen-bond donors (Lipinski definition) is 2. The van der Waals surface area contributed by atoms with Gasteiger partial charge in [-0.05, 0) is 42.5 Å². The number of nitrogens with one attached hydrogen (secondary N) is 1. The van der Waals surface area contributed by atoms with Crippen molar-refractivity contribution < 1.29 is 14.4 Å². The summed E-state index contributed by atoms with van der Waals surface area (Å²) in [6.45, 7) is 1.91. The summed E-state index contributed by atoms with van der Waals surface area (Å²) in [5.41, 5.74) is 5.60. The summed E-state index contributed by atoms with van der Waals surface area (Å²) in [5.74, 6) is 0.914. The number of Topliss-reactive ketones (excluding diaryl/α,β-unsaturated/α-hetero) is 1. The van der Waals surface area contributed by atoms with Crippen molar-refractivity contribution in [2.24, 2.45) is 0 Å². The van der Waals surface area contributed by atoms with Crippen LogP contribution in [0.25, 0.3) is 0 Å². The number of nitrogens with zero attached hydrogens (tertiary/aromatic N) is 1. The number of aromatic hydroxyl groups is 1. The Hall–Kier alpha value is -3.34. The molecule has 0 radical (unpaired) electrons. The number of aromatic nitrogens is 1. The van der Waals surface area contributed by atoms with Gasteiger partial charge in [0.15, 0.2) is 5.78 Å². The molecule has 0 spiro atoms. The molecule has 2 heterocycles. The predicted molar refractivity (Wildman–Crippen MR) is 105 cm³/mol. The van der Waals surface area contributed by atoms with E-state index in [0.29, 0.717) is 18.7 Å². The molecule has 28 heavy (non-hydrogen) atoms. The quantitative estimate of drug-likeness (QED) is 0.685. The molecular weight excluding hydrogens is 352 g/mol. The zero-order valence-corrected chi connectivity index (χ0v) is 15.5. The van der Waals surface area contributed by atoms with Crippen LogP contribution in [0.5, 0.6) is 5.75 Å². The number of carbonyl (C=O) groups is 1. The second kappa shape index (κ2) is 6.37. The highest BCUT2D eigenvalue weighted by atomic mass is 16.5. The fraction of sp³-hybridized carbons (Fsp3) is 0.217. The van der Waals surface area contributed by atoms with E-state index in [9.17, 15) is 9.90 Å². The van der Waals surface area contributed by atoms with E-state index in [0.717, 1.165) is 33.7 Å². The van der Waals surface area contributed by atoms with Gasteiger partial charge in [0.05, 0.1) is 11.3 Å². The fourth-order valence-corrected chi connectivity index (χ4v) is 4.43. The van der Waals surface area contributed by atoms with E-state index < -0.39 is 0 Å². The maximum absolute atomic E-state index is 13.3. The van der Waals surface area contributed by atoms with Crippen molar-refractivity contribution in [1.82, 2.24) is 5.16 Å². The van der Waals surface area contributed by atoms with Crippen molar-refractivity contribution in [3.05, 3.63) is 88.3 Å². The van der Waals surface area contributed by atoms with Crippen LogP contribution in [0.2, 0.25) is 0 Å². The third-order valence-corrected chi connectivity index (χ3v) is 5.76. The molecule has 1 aromatic heterocycles. The van der Waals surface area contributed by atoms with Crippen LogP contribution in [0, 0.1) is 6.92 Å². The van der Waals surface area contributed by atoms with Crippen molar-refractivity contribution in [2.75, 3.05) is 5.32 Å². The lowest BCUT2D eigenvalue weighted by atomic mass is 9.72. The highest BCUT2D eigenvalue weighted by molar-refractivity contribution is 6.01. The van der Waals surface area contributed by atoms with Gasteiger partial charge in [-0.3, -0.25) is 4.79 Å². The van der Waals surface area contributed by atoms with Gasteiger partial charge < -0.3 is 14.9 Å². The van der Waals surface area contributed by atoms with Crippen molar-refractivity contribution in [2.45, 2.75) is 31.6 Å². The number of anilines is 1. The minimum absolute atomic E-state index is 0.0707. The van der Waals surface area contributed by atoms with Gasteiger partial charge in [-0.25, -0.2) is 0 Å². The third kappa shape index (κ3) is 2.62. The molecule has 5 rings (SSSR count).